The number of rotatable bonds is 2. The number of hydrogen-bond acceptors (Lipinski definition) is 2. The lowest BCUT2D eigenvalue weighted by atomic mass is 10.1. The Kier molecular flexibility index (Phi) is 2.69. The molecular weight excluding hydrogens is 222 g/mol. The highest BCUT2D eigenvalue weighted by Gasteiger charge is 2.01. The maximum absolute atomic E-state index is 5.20. The number of pyridine rings is 1. The summed E-state index contributed by atoms with van der Waals surface area (Å²) in [6.07, 6.45) is 1.90. The summed E-state index contributed by atoms with van der Waals surface area (Å²) in [6.45, 7) is 0. The van der Waals surface area contributed by atoms with Crippen molar-refractivity contribution in [3.05, 3.63) is 60.8 Å². The second kappa shape index (κ2) is 4.49. The average Bonchev–Trinajstić information content (AvgIpc) is 2.47. The van der Waals surface area contributed by atoms with Gasteiger partial charge >= 0.3 is 0 Å². The van der Waals surface area contributed by atoms with Crippen LogP contribution in [0.1, 0.15) is 0 Å². The first-order valence-corrected chi connectivity index (χ1v) is 5.86. The van der Waals surface area contributed by atoms with E-state index in [1.807, 2.05) is 42.6 Å². The van der Waals surface area contributed by atoms with E-state index in [1.165, 1.54) is 5.56 Å². The maximum Gasteiger partial charge on any atom is 0.121 e. The van der Waals surface area contributed by atoms with Crippen molar-refractivity contribution < 1.29 is 4.74 Å². The van der Waals surface area contributed by atoms with Crippen LogP contribution in [0.2, 0.25) is 0 Å². The molecule has 0 atom stereocenters. The van der Waals surface area contributed by atoms with E-state index in [9.17, 15) is 0 Å². The third-order valence-electron chi connectivity index (χ3n) is 3.00. The van der Waals surface area contributed by atoms with Crippen molar-refractivity contribution in [2.24, 2.45) is 0 Å². The summed E-state index contributed by atoms with van der Waals surface area (Å²) in [5.74, 6) is 0.836. The second-order valence-corrected chi connectivity index (χ2v) is 4.15. The molecule has 0 saturated heterocycles. The van der Waals surface area contributed by atoms with E-state index in [-0.39, 0.29) is 0 Å². The summed E-state index contributed by atoms with van der Waals surface area (Å²) in [7, 11) is 1.67. The first-order chi connectivity index (χ1) is 8.86. The Bertz CT molecular complexity index is 677. The van der Waals surface area contributed by atoms with Crippen molar-refractivity contribution >= 4 is 10.9 Å². The lowest BCUT2D eigenvalue weighted by molar-refractivity contribution is 0.415. The van der Waals surface area contributed by atoms with Gasteiger partial charge in [-0.3, -0.25) is 4.98 Å². The Labute approximate surface area is 106 Å². The maximum atomic E-state index is 5.20. The normalized spacial score (nSPS) is 10.5. The number of aromatic nitrogens is 1. The van der Waals surface area contributed by atoms with Crippen LogP contribution in [0.5, 0.6) is 5.75 Å². The highest BCUT2D eigenvalue weighted by Crippen LogP contribution is 2.24. The molecule has 18 heavy (non-hydrogen) atoms. The first kappa shape index (κ1) is 10.8. The molecule has 3 rings (SSSR count). The fourth-order valence-electron chi connectivity index (χ4n) is 2.02. The molecule has 1 heterocycles. The van der Waals surface area contributed by atoms with Gasteiger partial charge in [0.15, 0.2) is 0 Å². The third-order valence-corrected chi connectivity index (χ3v) is 3.00. The monoisotopic (exact) mass is 235 g/mol. The molecule has 1 aromatic heterocycles. The standard InChI is InChI=1S/C16H13NO/c1-18-15-8-7-13-9-14(11-17-16(13)10-15)12-5-3-2-4-6-12/h2-11H,1H3. The largest absolute Gasteiger partial charge is 0.497 e. The van der Waals surface area contributed by atoms with Crippen LogP contribution in [0.4, 0.5) is 0 Å². The number of ether oxygens (including phenoxy) is 1. The minimum Gasteiger partial charge on any atom is -0.497 e. The number of methoxy groups -OCH3 is 1. The minimum absolute atomic E-state index is 0.836. The molecule has 0 aliphatic carbocycles. The van der Waals surface area contributed by atoms with Gasteiger partial charge in [0.05, 0.1) is 12.6 Å². The molecule has 3 aromatic rings. The van der Waals surface area contributed by atoms with Crippen LogP contribution in [-0.4, -0.2) is 12.1 Å². The Balaban J connectivity index is 2.12. The van der Waals surface area contributed by atoms with Gasteiger partial charge in [-0.1, -0.05) is 30.3 Å². The van der Waals surface area contributed by atoms with E-state index in [0.717, 1.165) is 22.2 Å². The Hall–Kier alpha value is -2.35. The predicted molar refractivity (Wildman–Crippen MR) is 73.7 cm³/mol. The van der Waals surface area contributed by atoms with Crippen LogP contribution in [0.3, 0.4) is 0 Å². The molecule has 0 bridgehead atoms. The molecular formula is C16H13NO. The fourth-order valence-corrected chi connectivity index (χ4v) is 2.02. The van der Waals surface area contributed by atoms with Crippen molar-refractivity contribution in [3.8, 4) is 16.9 Å². The van der Waals surface area contributed by atoms with Crippen molar-refractivity contribution in [3.63, 3.8) is 0 Å². The molecule has 2 nitrogen and oxygen atoms in total. The number of nitrogens with zero attached hydrogens (tertiary/aromatic N) is 1. The zero-order chi connectivity index (χ0) is 12.4. The van der Waals surface area contributed by atoms with Crippen LogP contribution in [0.15, 0.2) is 60.8 Å². The Morgan fingerprint density at radius 1 is 0.889 bits per heavy atom. The summed E-state index contributed by atoms with van der Waals surface area (Å²) >= 11 is 0. The van der Waals surface area contributed by atoms with Gasteiger partial charge in [0.2, 0.25) is 0 Å². The highest BCUT2D eigenvalue weighted by atomic mass is 16.5. The summed E-state index contributed by atoms with van der Waals surface area (Å²) in [5, 5.41) is 1.12. The molecule has 2 aromatic carbocycles. The fraction of sp³-hybridized carbons (Fsp3) is 0.0625. The molecule has 0 aliphatic heterocycles. The molecule has 0 aliphatic rings. The van der Waals surface area contributed by atoms with E-state index < -0.39 is 0 Å². The zero-order valence-electron chi connectivity index (χ0n) is 10.1. The molecule has 0 radical (unpaired) electrons. The van der Waals surface area contributed by atoms with Gasteiger partial charge in [-0.2, -0.15) is 0 Å². The van der Waals surface area contributed by atoms with E-state index in [4.69, 9.17) is 4.74 Å². The average molecular weight is 235 g/mol. The molecule has 0 N–H and O–H groups in total. The first-order valence-electron chi connectivity index (χ1n) is 5.86. The third kappa shape index (κ3) is 1.93. The summed E-state index contributed by atoms with van der Waals surface area (Å²) in [6, 6.07) is 18.4. The molecule has 0 unspecified atom stereocenters. The van der Waals surface area contributed by atoms with Gasteiger partial charge in [-0.05, 0) is 23.8 Å². The summed E-state index contributed by atoms with van der Waals surface area (Å²) in [4.78, 5) is 4.49. The van der Waals surface area contributed by atoms with Gasteiger partial charge in [-0.25, -0.2) is 0 Å². The van der Waals surface area contributed by atoms with Crippen molar-refractivity contribution in [1.29, 1.82) is 0 Å². The smallest absolute Gasteiger partial charge is 0.121 e. The zero-order valence-corrected chi connectivity index (χ0v) is 10.1. The molecule has 2 heteroatoms. The Morgan fingerprint density at radius 2 is 1.72 bits per heavy atom. The number of fused-ring (bicyclic) bond motifs is 1. The van der Waals surface area contributed by atoms with Crippen LogP contribution >= 0.6 is 0 Å². The topological polar surface area (TPSA) is 22.1 Å². The van der Waals surface area contributed by atoms with Gasteiger partial charge < -0.3 is 4.74 Å². The molecule has 0 fully saturated rings. The van der Waals surface area contributed by atoms with Gasteiger partial charge in [0, 0.05) is 23.2 Å². The SMILES string of the molecule is COc1ccc2cc(-c3ccccc3)cnc2c1. The summed E-state index contributed by atoms with van der Waals surface area (Å²) in [5.41, 5.74) is 3.27. The van der Waals surface area contributed by atoms with E-state index in [0.29, 0.717) is 0 Å². The Morgan fingerprint density at radius 3 is 2.50 bits per heavy atom. The van der Waals surface area contributed by atoms with Gasteiger partial charge in [0.25, 0.3) is 0 Å². The predicted octanol–water partition coefficient (Wildman–Crippen LogP) is 3.91. The minimum atomic E-state index is 0.836. The highest BCUT2D eigenvalue weighted by molar-refractivity contribution is 5.84. The quantitative estimate of drug-likeness (QED) is 0.671. The van der Waals surface area contributed by atoms with Gasteiger partial charge in [-0.15, -0.1) is 0 Å². The van der Waals surface area contributed by atoms with Crippen LogP contribution in [0.25, 0.3) is 22.0 Å². The van der Waals surface area contributed by atoms with Gasteiger partial charge in [0.1, 0.15) is 5.75 Å². The van der Waals surface area contributed by atoms with Crippen LogP contribution in [0, 0.1) is 0 Å². The number of benzene rings is 2. The van der Waals surface area contributed by atoms with E-state index in [1.54, 1.807) is 7.11 Å². The van der Waals surface area contributed by atoms with E-state index >= 15 is 0 Å². The van der Waals surface area contributed by atoms with Crippen molar-refractivity contribution in [1.82, 2.24) is 4.98 Å². The summed E-state index contributed by atoms with van der Waals surface area (Å²) < 4.78 is 5.20. The molecule has 88 valence electrons. The molecule has 0 spiro atoms. The lowest BCUT2D eigenvalue weighted by Crippen LogP contribution is -1.86. The van der Waals surface area contributed by atoms with Crippen molar-refractivity contribution in [2.75, 3.05) is 7.11 Å². The second-order valence-electron chi connectivity index (χ2n) is 4.15. The number of hydrogen-bond donors (Lipinski definition) is 0. The van der Waals surface area contributed by atoms with Crippen molar-refractivity contribution in [2.45, 2.75) is 0 Å². The lowest BCUT2D eigenvalue weighted by Gasteiger charge is -2.05. The molecule has 0 saturated carbocycles. The van der Waals surface area contributed by atoms with Crippen LogP contribution in [-0.2, 0) is 0 Å². The molecule has 0 amide bonds. The van der Waals surface area contributed by atoms with Crippen LogP contribution < -0.4 is 4.74 Å². The van der Waals surface area contributed by atoms with E-state index in [2.05, 4.69) is 23.2 Å².